The standard InChI is InChI=1S/C19H28O3/c1-3-4-5-6-7-8-9-10-13-16-22-18-15-12-11-14-17(18)19(20)21-2/h8-9,11-12,14-15H,3-7,10,13,16H2,1-2H3. The molecule has 1 rings (SSSR count). The smallest absolute Gasteiger partial charge is 0.341 e. The molecule has 0 bridgehead atoms. The number of hydrogen-bond acceptors (Lipinski definition) is 3. The van der Waals surface area contributed by atoms with Gasteiger partial charge in [0, 0.05) is 0 Å². The number of rotatable bonds is 11. The first kappa shape index (κ1) is 18.3. The quantitative estimate of drug-likeness (QED) is 0.322. The van der Waals surface area contributed by atoms with Crippen molar-refractivity contribution in [3.8, 4) is 5.75 Å². The Morgan fingerprint density at radius 2 is 1.77 bits per heavy atom. The molecule has 0 saturated carbocycles. The molecule has 3 nitrogen and oxygen atoms in total. The molecule has 0 aromatic heterocycles. The average molecular weight is 304 g/mol. The van der Waals surface area contributed by atoms with Crippen molar-refractivity contribution >= 4 is 5.97 Å². The van der Waals surface area contributed by atoms with E-state index in [2.05, 4.69) is 19.1 Å². The van der Waals surface area contributed by atoms with Gasteiger partial charge in [-0.2, -0.15) is 0 Å². The summed E-state index contributed by atoms with van der Waals surface area (Å²) in [6, 6.07) is 7.19. The minimum atomic E-state index is -0.359. The van der Waals surface area contributed by atoms with Gasteiger partial charge < -0.3 is 9.47 Å². The summed E-state index contributed by atoms with van der Waals surface area (Å²) in [7, 11) is 1.38. The highest BCUT2D eigenvalue weighted by Gasteiger charge is 2.11. The van der Waals surface area contributed by atoms with E-state index in [1.807, 2.05) is 6.07 Å². The van der Waals surface area contributed by atoms with Crippen molar-refractivity contribution in [2.24, 2.45) is 0 Å². The van der Waals surface area contributed by atoms with Crippen LogP contribution in [0.15, 0.2) is 36.4 Å². The van der Waals surface area contributed by atoms with E-state index in [0.717, 1.165) is 12.8 Å². The molecule has 0 aliphatic rings. The largest absolute Gasteiger partial charge is 0.493 e. The highest BCUT2D eigenvalue weighted by Crippen LogP contribution is 2.19. The molecule has 3 heteroatoms. The number of esters is 1. The number of carbonyl (C=O) groups is 1. The Kier molecular flexibility index (Phi) is 9.84. The number of para-hydroxylation sites is 1. The van der Waals surface area contributed by atoms with Gasteiger partial charge >= 0.3 is 5.97 Å². The van der Waals surface area contributed by atoms with Gasteiger partial charge in [0.25, 0.3) is 0 Å². The van der Waals surface area contributed by atoms with Gasteiger partial charge in [-0.25, -0.2) is 4.79 Å². The zero-order valence-corrected chi connectivity index (χ0v) is 13.8. The lowest BCUT2D eigenvalue weighted by atomic mass is 10.1. The van der Waals surface area contributed by atoms with Gasteiger partial charge in [-0.3, -0.25) is 0 Å². The van der Waals surface area contributed by atoms with Crippen molar-refractivity contribution in [3.05, 3.63) is 42.0 Å². The summed E-state index contributed by atoms with van der Waals surface area (Å²) in [5.74, 6) is 0.237. The molecule has 0 amide bonds. The van der Waals surface area contributed by atoms with Gasteiger partial charge in [-0.1, -0.05) is 50.5 Å². The lowest BCUT2D eigenvalue weighted by Gasteiger charge is -2.09. The van der Waals surface area contributed by atoms with Crippen molar-refractivity contribution < 1.29 is 14.3 Å². The fourth-order valence-electron chi connectivity index (χ4n) is 2.18. The van der Waals surface area contributed by atoms with Crippen LogP contribution in [0.25, 0.3) is 0 Å². The third-order valence-electron chi connectivity index (χ3n) is 3.46. The zero-order valence-electron chi connectivity index (χ0n) is 13.8. The van der Waals surface area contributed by atoms with E-state index < -0.39 is 0 Å². The number of unbranched alkanes of at least 4 members (excludes halogenated alkanes) is 5. The number of hydrogen-bond donors (Lipinski definition) is 0. The van der Waals surface area contributed by atoms with E-state index >= 15 is 0 Å². The summed E-state index contributed by atoms with van der Waals surface area (Å²) >= 11 is 0. The van der Waals surface area contributed by atoms with Gasteiger partial charge in [0.05, 0.1) is 13.7 Å². The highest BCUT2D eigenvalue weighted by atomic mass is 16.5. The van der Waals surface area contributed by atoms with E-state index in [1.165, 1.54) is 39.2 Å². The molecular formula is C19H28O3. The molecule has 0 aliphatic heterocycles. The Labute approximate surface area is 134 Å². The van der Waals surface area contributed by atoms with Crippen LogP contribution in [0.1, 0.15) is 62.2 Å². The van der Waals surface area contributed by atoms with Crippen molar-refractivity contribution in [3.63, 3.8) is 0 Å². The predicted molar refractivity (Wildman–Crippen MR) is 90.4 cm³/mol. The van der Waals surface area contributed by atoms with Crippen LogP contribution in [0.5, 0.6) is 5.75 Å². The summed E-state index contributed by atoms with van der Waals surface area (Å²) in [4.78, 5) is 11.6. The second-order valence-corrected chi connectivity index (χ2v) is 5.30. The molecule has 122 valence electrons. The van der Waals surface area contributed by atoms with Crippen molar-refractivity contribution in [2.45, 2.75) is 51.9 Å². The average Bonchev–Trinajstić information content (AvgIpc) is 2.56. The van der Waals surface area contributed by atoms with E-state index in [1.54, 1.807) is 18.2 Å². The van der Waals surface area contributed by atoms with Gasteiger partial charge in [-0.05, 0) is 37.8 Å². The summed E-state index contributed by atoms with van der Waals surface area (Å²) in [6.07, 6.45) is 12.8. The van der Waals surface area contributed by atoms with Crippen LogP contribution in [0.4, 0.5) is 0 Å². The van der Waals surface area contributed by atoms with Crippen molar-refractivity contribution in [1.82, 2.24) is 0 Å². The second-order valence-electron chi connectivity index (χ2n) is 5.30. The van der Waals surface area contributed by atoms with Gasteiger partial charge in [0.2, 0.25) is 0 Å². The molecule has 0 radical (unpaired) electrons. The molecule has 0 fully saturated rings. The SMILES string of the molecule is CCCCCCC=CCCCOc1ccccc1C(=O)OC. The van der Waals surface area contributed by atoms with Crippen LogP contribution in [-0.2, 0) is 4.74 Å². The molecule has 1 aromatic rings. The normalized spacial score (nSPS) is 10.8. The molecule has 0 atom stereocenters. The van der Waals surface area contributed by atoms with Gasteiger partial charge in [-0.15, -0.1) is 0 Å². The van der Waals surface area contributed by atoms with E-state index in [4.69, 9.17) is 9.47 Å². The van der Waals surface area contributed by atoms with E-state index in [9.17, 15) is 4.79 Å². The number of allylic oxidation sites excluding steroid dienone is 2. The highest BCUT2D eigenvalue weighted by molar-refractivity contribution is 5.92. The first-order valence-corrected chi connectivity index (χ1v) is 8.24. The molecule has 0 spiro atoms. The van der Waals surface area contributed by atoms with Crippen molar-refractivity contribution in [2.75, 3.05) is 13.7 Å². The molecule has 1 aromatic carbocycles. The fourth-order valence-corrected chi connectivity index (χ4v) is 2.18. The summed E-state index contributed by atoms with van der Waals surface area (Å²) in [5.41, 5.74) is 0.483. The molecule has 0 unspecified atom stereocenters. The summed E-state index contributed by atoms with van der Waals surface area (Å²) < 4.78 is 10.4. The topological polar surface area (TPSA) is 35.5 Å². The second kappa shape index (κ2) is 11.8. The monoisotopic (exact) mass is 304 g/mol. The number of ether oxygens (including phenoxy) is 2. The van der Waals surface area contributed by atoms with Crippen molar-refractivity contribution in [1.29, 1.82) is 0 Å². The van der Waals surface area contributed by atoms with Crippen LogP contribution >= 0.6 is 0 Å². The number of carbonyl (C=O) groups excluding carboxylic acids is 1. The summed E-state index contributed by atoms with van der Waals surface area (Å²) in [6.45, 7) is 2.84. The molecular weight excluding hydrogens is 276 g/mol. The van der Waals surface area contributed by atoms with Gasteiger partial charge in [0.15, 0.2) is 0 Å². The predicted octanol–water partition coefficient (Wildman–Crippen LogP) is 5.16. The van der Waals surface area contributed by atoms with E-state index in [0.29, 0.717) is 17.9 Å². The first-order chi connectivity index (χ1) is 10.8. The Morgan fingerprint density at radius 1 is 1.05 bits per heavy atom. The van der Waals surface area contributed by atoms with Crippen LogP contribution < -0.4 is 4.74 Å². The first-order valence-electron chi connectivity index (χ1n) is 8.24. The lowest BCUT2D eigenvalue weighted by Crippen LogP contribution is -2.06. The van der Waals surface area contributed by atoms with Gasteiger partial charge in [0.1, 0.15) is 11.3 Å². The molecule has 0 aliphatic carbocycles. The maximum Gasteiger partial charge on any atom is 0.341 e. The zero-order chi connectivity index (χ0) is 16.0. The Bertz CT molecular complexity index is 452. The van der Waals surface area contributed by atoms with E-state index in [-0.39, 0.29) is 5.97 Å². The fraction of sp³-hybridized carbons (Fsp3) is 0.526. The molecule has 22 heavy (non-hydrogen) atoms. The Morgan fingerprint density at radius 3 is 2.50 bits per heavy atom. The minimum Gasteiger partial charge on any atom is -0.493 e. The van der Waals surface area contributed by atoms with Crippen LogP contribution in [-0.4, -0.2) is 19.7 Å². The maximum absolute atomic E-state index is 11.6. The summed E-state index contributed by atoms with van der Waals surface area (Å²) in [5, 5.41) is 0. The molecule has 0 N–H and O–H groups in total. The molecule has 0 heterocycles. The van der Waals surface area contributed by atoms with Crippen LogP contribution in [0.3, 0.4) is 0 Å². The maximum atomic E-state index is 11.6. The minimum absolute atomic E-state index is 0.359. The van der Waals surface area contributed by atoms with Crippen LogP contribution in [0.2, 0.25) is 0 Å². The van der Waals surface area contributed by atoms with Crippen LogP contribution in [0, 0.1) is 0 Å². The number of methoxy groups -OCH3 is 1. The third kappa shape index (κ3) is 7.30. The molecule has 0 saturated heterocycles. The third-order valence-corrected chi connectivity index (χ3v) is 3.46. The lowest BCUT2D eigenvalue weighted by molar-refractivity contribution is 0.0596. The number of benzene rings is 1. The Hall–Kier alpha value is -1.77. The Balaban J connectivity index is 2.20.